The molecule has 1 amide bonds. The van der Waals surface area contributed by atoms with Crippen molar-refractivity contribution >= 4 is 23.4 Å². The van der Waals surface area contributed by atoms with E-state index in [2.05, 4.69) is 35.8 Å². The Hall–Kier alpha value is -1.00. The predicted octanol–water partition coefficient (Wildman–Crippen LogP) is 4.75. The van der Waals surface area contributed by atoms with E-state index in [4.69, 9.17) is 0 Å². The van der Waals surface area contributed by atoms with E-state index < -0.39 is 0 Å². The number of carbonyl (C=O) groups excluding carboxylic acids is 1. The molecule has 1 aromatic carbocycles. The van der Waals surface area contributed by atoms with Gasteiger partial charge in [-0.05, 0) is 81.3 Å². The molecule has 0 aromatic heterocycles. The molecule has 2 saturated carbocycles. The van der Waals surface area contributed by atoms with Crippen LogP contribution >= 0.6 is 11.8 Å². The third-order valence-electron chi connectivity index (χ3n) is 6.42. The molecule has 2 aliphatic carbocycles. The smallest absolute Gasteiger partial charge is 0.228 e. The van der Waals surface area contributed by atoms with Crippen molar-refractivity contribution in [2.75, 3.05) is 18.4 Å². The molecule has 4 rings (SSSR count). The summed E-state index contributed by atoms with van der Waals surface area (Å²) in [5.41, 5.74) is 2.49. The van der Waals surface area contributed by atoms with Crippen LogP contribution in [-0.2, 0) is 4.79 Å². The molecule has 136 valence electrons. The second kappa shape index (κ2) is 7.32. The summed E-state index contributed by atoms with van der Waals surface area (Å²) in [6.45, 7) is 4.25. The molecule has 0 bridgehead atoms. The summed E-state index contributed by atoms with van der Waals surface area (Å²) in [5, 5.41) is 7.39. The normalized spacial score (nSPS) is 25.7. The Bertz CT molecular complexity index is 633. The van der Waals surface area contributed by atoms with Crippen molar-refractivity contribution in [3.8, 4) is 0 Å². The monoisotopic (exact) mass is 358 g/mol. The number of hydrogen-bond donors (Lipinski definition) is 2. The number of anilines is 1. The lowest BCUT2D eigenvalue weighted by Gasteiger charge is -2.23. The molecular weight excluding hydrogens is 328 g/mol. The molecule has 1 atom stereocenters. The van der Waals surface area contributed by atoms with Crippen LogP contribution in [0.15, 0.2) is 23.1 Å². The maximum absolute atomic E-state index is 12.7. The molecule has 3 fully saturated rings. The van der Waals surface area contributed by atoms with Crippen molar-refractivity contribution in [1.82, 2.24) is 5.32 Å². The van der Waals surface area contributed by atoms with Crippen molar-refractivity contribution in [3.05, 3.63) is 23.8 Å². The van der Waals surface area contributed by atoms with Gasteiger partial charge in [0, 0.05) is 21.8 Å². The van der Waals surface area contributed by atoms with Crippen LogP contribution in [0, 0.1) is 18.3 Å². The molecular formula is C21H30N2OS. The summed E-state index contributed by atoms with van der Waals surface area (Å²) in [5.74, 6) is 0.461. The zero-order valence-electron chi connectivity index (χ0n) is 15.3. The molecule has 4 heteroatoms. The number of carbonyl (C=O) groups is 1. The van der Waals surface area contributed by atoms with Crippen LogP contribution in [0.3, 0.4) is 0 Å². The second-order valence-corrected chi connectivity index (χ2v) is 9.59. The van der Waals surface area contributed by atoms with Crippen molar-refractivity contribution < 1.29 is 4.79 Å². The van der Waals surface area contributed by atoms with Gasteiger partial charge in [-0.25, -0.2) is 0 Å². The number of piperidine rings is 1. The van der Waals surface area contributed by atoms with E-state index in [0.717, 1.165) is 43.3 Å². The molecule has 1 heterocycles. The molecule has 1 saturated heterocycles. The first kappa shape index (κ1) is 17.4. The molecule has 3 aliphatic rings. The molecule has 1 unspecified atom stereocenters. The fourth-order valence-electron chi connectivity index (χ4n) is 4.64. The maximum Gasteiger partial charge on any atom is 0.228 e. The Labute approximate surface area is 155 Å². The van der Waals surface area contributed by atoms with Crippen LogP contribution < -0.4 is 10.6 Å². The average Bonchev–Trinajstić information content (AvgIpc) is 3.32. The highest BCUT2D eigenvalue weighted by atomic mass is 32.2. The minimum Gasteiger partial charge on any atom is -0.326 e. The first-order valence-corrected chi connectivity index (χ1v) is 10.8. The zero-order chi connectivity index (χ0) is 17.3. The third kappa shape index (κ3) is 3.90. The average molecular weight is 359 g/mol. The second-order valence-electron chi connectivity index (χ2n) is 8.21. The first-order chi connectivity index (χ1) is 12.2. The van der Waals surface area contributed by atoms with E-state index >= 15 is 0 Å². The van der Waals surface area contributed by atoms with Gasteiger partial charge in [-0.2, -0.15) is 0 Å². The minimum absolute atomic E-state index is 0.227. The van der Waals surface area contributed by atoms with Gasteiger partial charge < -0.3 is 10.6 Å². The number of nitrogens with one attached hydrogen (secondary N) is 2. The first-order valence-electron chi connectivity index (χ1n) is 9.95. The number of benzene rings is 1. The predicted molar refractivity (Wildman–Crippen MR) is 105 cm³/mol. The number of hydrogen-bond acceptors (Lipinski definition) is 3. The quantitative estimate of drug-likeness (QED) is 0.816. The SMILES string of the molecule is Cc1cc(SC2CCCCC2)ccc1NC(=O)C1CC12CCNCC2. The summed E-state index contributed by atoms with van der Waals surface area (Å²) in [6.07, 6.45) is 10.2. The molecule has 0 radical (unpaired) electrons. The maximum atomic E-state index is 12.7. The van der Waals surface area contributed by atoms with Gasteiger partial charge in [-0.1, -0.05) is 19.3 Å². The molecule has 3 nitrogen and oxygen atoms in total. The van der Waals surface area contributed by atoms with Crippen LogP contribution in [-0.4, -0.2) is 24.2 Å². The fraction of sp³-hybridized carbons (Fsp3) is 0.667. The highest BCUT2D eigenvalue weighted by Gasteiger charge is 2.57. The number of thioether (sulfide) groups is 1. The van der Waals surface area contributed by atoms with E-state index in [9.17, 15) is 4.79 Å². The fourth-order valence-corrected chi connectivity index (χ4v) is 5.99. The van der Waals surface area contributed by atoms with Gasteiger partial charge in [0.05, 0.1) is 0 Å². The van der Waals surface area contributed by atoms with Gasteiger partial charge in [0.1, 0.15) is 0 Å². The Morgan fingerprint density at radius 2 is 1.96 bits per heavy atom. The van der Waals surface area contributed by atoms with Gasteiger partial charge in [0.2, 0.25) is 5.91 Å². The van der Waals surface area contributed by atoms with Gasteiger partial charge in [-0.3, -0.25) is 4.79 Å². The van der Waals surface area contributed by atoms with Gasteiger partial charge in [-0.15, -0.1) is 11.8 Å². The van der Waals surface area contributed by atoms with Crippen molar-refractivity contribution in [3.63, 3.8) is 0 Å². The molecule has 25 heavy (non-hydrogen) atoms. The van der Waals surface area contributed by atoms with E-state index in [1.807, 2.05) is 11.8 Å². The van der Waals surface area contributed by atoms with Crippen LogP contribution in [0.1, 0.15) is 56.9 Å². The summed E-state index contributed by atoms with van der Waals surface area (Å²) in [7, 11) is 0. The molecule has 1 aromatic rings. The molecule has 1 aliphatic heterocycles. The largest absolute Gasteiger partial charge is 0.326 e. The number of amides is 1. The van der Waals surface area contributed by atoms with Crippen molar-refractivity contribution in [1.29, 1.82) is 0 Å². The van der Waals surface area contributed by atoms with Crippen molar-refractivity contribution in [2.45, 2.75) is 68.4 Å². The Balaban J connectivity index is 1.35. The summed E-state index contributed by atoms with van der Waals surface area (Å²) >= 11 is 2.02. The standard InChI is InChI=1S/C21H30N2OS/c1-15-13-17(25-16-5-3-2-4-6-16)7-8-19(15)23-20(24)18-14-21(18)9-11-22-12-10-21/h7-8,13,16,18,22H,2-6,9-12,14H2,1H3,(H,23,24). The Morgan fingerprint density at radius 1 is 1.20 bits per heavy atom. The van der Waals surface area contributed by atoms with E-state index in [1.54, 1.807) is 0 Å². The Kier molecular flexibility index (Phi) is 5.10. The lowest BCUT2D eigenvalue weighted by Crippen LogP contribution is -2.31. The zero-order valence-corrected chi connectivity index (χ0v) is 16.1. The topological polar surface area (TPSA) is 41.1 Å². The van der Waals surface area contributed by atoms with E-state index in [0.29, 0.717) is 5.41 Å². The lowest BCUT2D eigenvalue weighted by molar-refractivity contribution is -0.118. The summed E-state index contributed by atoms with van der Waals surface area (Å²) in [6, 6.07) is 6.55. The van der Waals surface area contributed by atoms with E-state index in [1.165, 1.54) is 42.6 Å². The number of aryl methyl sites for hydroxylation is 1. The lowest BCUT2D eigenvalue weighted by atomic mass is 9.91. The van der Waals surface area contributed by atoms with Gasteiger partial charge in [0.15, 0.2) is 0 Å². The van der Waals surface area contributed by atoms with Crippen molar-refractivity contribution in [2.24, 2.45) is 11.3 Å². The highest BCUT2D eigenvalue weighted by Crippen LogP contribution is 2.58. The third-order valence-corrected chi connectivity index (χ3v) is 7.75. The van der Waals surface area contributed by atoms with Crippen LogP contribution in [0.2, 0.25) is 0 Å². The van der Waals surface area contributed by atoms with Gasteiger partial charge >= 0.3 is 0 Å². The minimum atomic E-state index is 0.227. The molecule has 1 spiro atoms. The van der Waals surface area contributed by atoms with Gasteiger partial charge in [0.25, 0.3) is 0 Å². The molecule has 2 N–H and O–H groups in total. The summed E-state index contributed by atoms with van der Waals surface area (Å²) < 4.78 is 0. The highest BCUT2D eigenvalue weighted by molar-refractivity contribution is 8.00. The van der Waals surface area contributed by atoms with E-state index in [-0.39, 0.29) is 11.8 Å². The summed E-state index contributed by atoms with van der Waals surface area (Å²) in [4.78, 5) is 14.0. The number of rotatable bonds is 4. The Morgan fingerprint density at radius 3 is 2.68 bits per heavy atom. The van der Waals surface area contributed by atoms with Crippen LogP contribution in [0.25, 0.3) is 0 Å². The van der Waals surface area contributed by atoms with Crippen LogP contribution in [0.4, 0.5) is 5.69 Å². The van der Waals surface area contributed by atoms with Crippen LogP contribution in [0.5, 0.6) is 0 Å².